The molecule has 0 fully saturated rings. The predicted molar refractivity (Wildman–Crippen MR) is 137 cm³/mol. The van der Waals surface area contributed by atoms with Crippen molar-refractivity contribution in [2.45, 2.75) is 22.9 Å². The summed E-state index contributed by atoms with van der Waals surface area (Å²) in [4.78, 5) is 29.2. The van der Waals surface area contributed by atoms with Gasteiger partial charge in [0, 0.05) is 17.1 Å². The molecule has 0 spiro atoms. The topological polar surface area (TPSA) is 66.5 Å². The number of hydrogen-bond acceptors (Lipinski definition) is 3. The fraction of sp³-hybridized carbons (Fsp3) is 0.0714. The van der Waals surface area contributed by atoms with Gasteiger partial charge in [0.05, 0.1) is 38.4 Å². The van der Waals surface area contributed by atoms with Crippen LogP contribution in [0, 0.1) is 0 Å². The van der Waals surface area contributed by atoms with Crippen molar-refractivity contribution in [2.24, 2.45) is 0 Å². The Morgan fingerprint density at radius 1 is 0.857 bits per heavy atom. The SMILES string of the molecule is O=C(NCc1ccccc1Cl)c1ccc2c(c1)N(Cc1ccccc1)C(=O)c1ccccc1S2=O. The monoisotopic (exact) mass is 500 g/mol. The first-order chi connectivity index (χ1) is 17.0. The van der Waals surface area contributed by atoms with E-state index < -0.39 is 10.8 Å². The molecule has 1 aliphatic rings. The Bertz CT molecular complexity index is 1460. The lowest BCUT2D eigenvalue weighted by atomic mass is 10.1. The van der Waals surface area contributed by atoms with E-state index >= 15 is 0 Å². The van der Waals surface area contributed by atoms with Crippen molar-refractivity contribution < 1.29 is 13.8 Å². The van der Waals surface area contributed by atoms with Crippen LogP contribution in [0.4, 0.5) is 5.69 Å². The van der Waals surface area contributed by atoms with Crippen molar-refractivity contribution in [3.8, 4) is 0 Å². The van der Waals surface area contributed by atoms with E-state index in [-0.39, 0.29) is 24.9 Å². The summed E-state index contributed by atoms with van der Waals surface area (Å²) >= 11 is 6.21. The van der Waals surface area contributed by atoms with Crippen LogP contribution >= 0.6 is 11.6 Å². The number of amides is 2. The molecule has 1 atom stereocenters. The molecule has 35 heavy (non-hydrogen) atoms. The summed E-state index contributed by atoms with van der Waals surface area (Å²) in [5, 5.41) is 3.45. The summed E-state index contributed by atoms with van der Waals surface area (Å²) in [6.07, 6.45) is 0. The third-order valence-corrected chi connectivity index (χ3v) is 7.72. The molecular formula is C28H21ClN2O3S. The Hall–Kier alpha value is -3.74. The fourth-order valence-corrected chi connectivity index (χ4v) is 5.59. The van der Waals surface area contributed by atoms with E-state index in [1.807, 2.05) is 48.5 Å². The minimum Gasteiger partial charge on any atom is -0.348 e. The van der Waals surface area contributed by atoms with Crippen LogP contribution in [0.25, 0.3) is 0 Å². The standard InChI is InChI=1S/C28H21ClN2O3S/c29-23-12-6-4-10-21(23)17-30-27(32)20-14-15-26-24(16-20)31(18-19-8-2-1-3-9-19)28(33)22-11-5-7-13-25(22)35(26)34/h1-16H,17-18H2,(H,30,32). The third-order valence-electron chi connectivity index (χ3n) is 5.85. The van der Waals surface area contributed by atoms with Gasteiger partial charge in [-0.3, -0.25) is 9.59 Å². The molecule has 4 aromatic rings. The lowest BCUT2D eigenvalue weighted by Crippen LogP contribution is -2.31. The molecule has 0 radical (unpaired) electrons. The van der Waals surface area contributed by atoms with Crippen LogP contribution < -0.4 is 10.2 Å². The molecule has 174 valence electrons. The Morgan fingerprint density at radius 3 is 2.37 bits per heavy atom. The summed E-state index contributed by atoms with van der Waals surface area (Å²) in [5.41, 5.74) is 2.94. The Labute approximate surface area is 210 Å². The number of nitrogens with one attached hydrogen (secondary N) is 1. The number of nitrogens with zero attached hydrogens (tertiary/aromatic N) is 1. The zero-order valence-corrected chi connectivity index (χ0v) is 20.2. The molecule has 1 heterocycles. The summed E-state index contributed by atoms with van der Waals surface area (Å²) in [7, 11) is -1.58. The highest BCUT2D eigenvalue weighted by molar-refractivity contribution is 7.85. The van der Waals surface area contributed by atoms with Gasteiger partial charge in [-0.1, -0.05) is 72.3 Å². The number of carbonyl (C=O) groups excluding carboxylic acids is 2. The van der Waals surface area contributed by atoms with Crippen LogP contribution in [-0.2, 0) is 23.9 Å². The van der Waals surface area contributed by atoms with E-state index in [0.29, 0.717) is 31.6 Å². The van der Waals surface area contributed by atoms with Crippen molar-refractivity contribution in [1.29, 1.82) is 0 Å². The Morgan fingerprint density at radius 2 is 1.57 bits per heavy atom. The minimum absolute atomic E-state index is 0.259. The molecule has 7 heteroatoms. The van der Waals surface area contributed by atoms with Crippen LogP contribution in [0.3, 0.4) is 0 Å². The number of fused-ring (bicyclic) bond motifs is 2. The normalized spacial score (nSPS) is 14.6. The quantitative estimate of drug-likeness (QED) is 0.388. The predicted octanol–water partition coefficient (Wildman–Crippen LogP) is 5.60. The first kappa shape index (κ1) is 23.0. The molecule has 1 N–H and O–H groups in total. The summed E-state index contributed by atoms with van der Waals surface area (Å²) < 4.78 is 13.5. The number of rotatable bonds is 5. The first-order valence-corrected chi connectivity index (χ1v) is 12.6. The van der Waals surface area contributed by atoms with Gasteiger partial charge in [0.15, 0.2) is 0 Å². The second-order valence-corrected chi connectivity index (χ2v) is 9.92. The zero-order chi connectivity index (χ0) is 24.4. The van der Waals surface area contributed by atoms with E-state index in [9.17, 15) is 13.8 Å². The molecule has 0 aromatic heterocycles. The lowest BCUT2D eigenvalue weighted by Gasteiger charge is -2.23. The fourth-order valence-electron chi connectivity index (χ4n) is 4.05. The first-order valence-electron chi connectivity index (χ1n) is 11.0. The number of halogens is 1. The van der Waals surface area contributed by atoms with Gasteiger partial charge in [-0.05, 0) is 47.5 Å². The Balaban J connectivity index is 1.53. The molecule has 0 saturated heterocycles. The zero-order valence-electron chi connectivity index (χ0n) is 18.6. The van der Waals surface area contributed by atoms with Gasteiger partial charge in [0.2, 0.25) is 0 Å². The van der Waals surface area contributed by atoms with E-state index in [1.54, 1.807) is 53.4 Å². The Kier molecular flexibility index (Phi) is 6.49. The molecule has 2 amide bonds. The van der Waals surface area contributed by atoms with Gasteiger partial charge in [-0.15, -0.1) is 0 Å². The largest absolute Gasteiger partial charge is 0.348 e. The van der Waals surface area contributed by atoms with Gasteiger partial charge in [-0.2, -0.15) is 0 Å². The highest BCUT2D eigenvalue weighted by atomic mass is 35.5. The van der Waals surface area contributed by atoms with E-state index in [0.717, 1.165) is 11.1 Å². The number of benzene rings is 4. The van der Waals surface area contributed by atoms with Crippen molar-refractivity contribution in [3.63, 3.8) is 0 Å². The minimum atomic E-state index is -1.58. The lowest BCUT2D eigenvalue weighted by molar-refractivity contribution is 0.0947. The molecule has 5 rings (SSSR count). The van der Waals surface area contributed by atoms with Crippen LogP contribution in [-0.4, -0.2) is 16.0 Å². The van der Waals surface area contributed by atoms with Gasteiger partial charge in [0.1, 0.15) is 0 Å². The van der Waals surface area contributed by atoms with Gasteiger partial charge < -0.3 is 10.2 Å². The maximum Gasteiger partial charge on any atom is 0.259 e. The highest BCUT2D eigenvalue weighted by Gasteiger charge is 2.31. The van der Waals surface area contributed by atoms with Crippen LogP contribution in [0.15, 0.2) is 107 Å². The average Bonchev–Trinajstić information content (AvgIpc) is 2.98. The molecule has 0 bridgehead atoms. The number of hydrogen-bond donors (Lipinski definition) is 1. The summed E-state index contributed by atoms with van der Waals surface area (Å²) in [6.45, 7) is 0.544. The summed E-state index contributed by atoms with van der Waals surface area (Å²) in [5.74, 6) is -0.572. The third kappa shape index (κ3) is 4.63. The molecule has 1 unspecified atom stereocenters. The van der Waals surface area contributed by atoms with Crippen LogP contribution in [0.5, 0.6) is 0 Å². The second-order valence-electron chi connectivity index (χ2n) is 8.10. The molecule has 5 nitrogen and oxygen atoms in total. The van der Waals surface area contributed by atoms with E-state index in [2.05, 4.69) is 5.32 Å². The molecule has 4 aromatic carbocycles. The van der Waals surface area contributed by atoms with E-state index in [4.69, 9.17) is 11.6 Å². The number of carbonyl (C=O) groups is 2. The number of anilines is 1. The molecule has 0 saturated carbocycles. The van der Waals surface area contributed by atoms with Crippen molar-refractivity contribution >= 4 is 39.9 Å². The summed E-state index contributed by atoms with van der Waals surface area (Å²) in [6, 6.07) is 28.8. The highest BCUT2D eigenvalue weighted by Crippen LogP contribution is 2.36. The molecule has 0 aliphatic carbocycles. The molecule has 1 aliphatic heterocycles. The second kappa shape index (κ2) is 9.86. The maximum absolute atomic E-state index is 13.7. The van der Waals surface area contributed by atoms with E-state index in [1.165, 1.54) is 0 Å². The van der Waals surface area contributed by atoms with Gasteiger partial charge >= 0.3 is 0 Å². The van der Waals surface area contributed by atoms with Gasteiger partial charge in [0.25, 0.3) is 11.8 Å². The average molecular weight is 501 g/mol. The van der Waals surface area contributed by atoms with Crippen molar-refractivity contribution in [3.05, 3.63) is 124 Å². The van der Waals surface area contributed by atoms with Crippen LogP contribution in [0.1, 0.15) is 31.8 Å². The van der Waals surface area contributed by atoms with Crippen molar-refractivity contribution in [2.75, 3.05) is 4.90 Å². The maximum atomic E-state index is 13.7. The smallest absolute Gasteiger partial charge is 0.259 e. The van der Waals surface area contributed by atoms with Crippen LogP contribution in [0.2, 0.25) is 5.02 Å². The molecular weight excluding hydrogens is 480 g/mol. The van der Waals surface area contributed by atoms with Crippen molar-refractivity contribution in [1.82, 2.24) is 5.32 Å². The van der Waals surface area contributed by atoms with Gasteiger partial charge in [-0.25, -0.2) is 4.21 Å².